The van der Waals surface area contributed by atoms with Gasteiger partial charge >= 0.3 is 0 Å². The zero-order chi connectivity index (χ0) is 15.2. The van der Waals surface area contributed by atoms with Crippen LogP contribution in [-0.2, 0) is 6.54 Å². The van der Waals surface area contributed by atoms with Crippen LogP contribution in [0.2, 0.25) is 0 Å². The Morgan fingerprint density at radius 2 is 1.52 bits per heavy atom. The van der Waals surface area contributed by atoms with E-state index in [-0.39, 0.29) is 0 Å². The summed E-state index contributed by atoms with van der Waals surface area (Å²) >= 11 is 3.49. The fourth-order valence-corrected chi connectivity index (χ4v) is 2.56. The molecule has 1 N–H and O–H groups in total. The van der Waals surface area contributed by atoms with Gasteiger partial charge in [-0.25, -0.2) is 0 Å². The van der Waals surface area contributed by atoms with Gasteiger partial charge in [0, 0.05) is 18.3 Å². The molecular weight excluding hydrogens is 334 g/mol. The number of ether oxygens (including phenoxy) is 3. The highest BCUT2D eigenvalue weighted by atomic mass is 79.9. The molecule has 0 heterocycles. The van der Waals surface area contributed by atoms with Crippen molar-refractivity contribution in [3.63, 3.8) is 0 Å². The average Bonchev–Trinajstić information content (AvgIpc) is 2.52. The van der Waals surface area contributed by atoms with Crippen molar-refractivity contribution >= 4 is 21.6 Å². The molecule has 0 atom stereocenters. The van der Waals surface area contributed by atoms with Gasteiger partial charge in [-0.15, -0.1) is 0 Å². The van der Waals surface area contributed by atoms with E-state index in [2.05, 4.69) is 21.2 Å². The number of hydrogen-bond acceptors (Lipinski definition) is 4. The second-order valence-electron chi connectivity index (χ2n) is 4.39. The lowest BCUT2D eigenvalue weighted by atomic mass is 10.2. The second kappa shape index (κ2) is 7.22. The van der Waals surface area contributed by atoms with Gasteiger partial charge in [-0.05, 0) is 45.8 Å². The lowest BCUT2D eigenvalue weighted by Crippen LogP contribution is -2.00. The predicted molar refractivity (Wildman–Crippen MR) is 87.6 cm³/mol. The molecule has 0 bridgehead atoms. The maximum absolute atomic E-state index is 5.29. The van der Waals surface area contributed by atoms with Gasteiger partial charge in [0.1, 0.15) is 5.75 Å². The van der Waals surface area contributed by atoms with Gasteiger partial charge in [-0.1, -0.05) is 6.07 Å². The highest BCUT2D eigenvalue weighted by Crippen LogP contribution is 2.30. The Hall–Kier alpha value is -1.88. The third-order valence-corrected chi connectivity index (χ3v) is 3.72. The molecule has 0 aliphatic rings. The van der Waals surface area contributed by atoms with Gasteiger partial charge < -0.3 is 19.5 Å². The Kier molecular flexibility index (Phi) is 5.33. The van der Waals surface area contributed by atoms with Gasteiger partial charge in [0.2, 0.25) is 0 Å². The summed E-state index contributed by atoms with van der Waals surface area (Å²) in [5.74, 6) is 2.25. The van der Waals surface area contributed by atoms with Crippen LogP contribution < -0.4 is 19.5 Å². The summed E-state index contributed by atoms with van der Waals surface area (Å²) in [7, 11) is 4.91. The molecule has 0 radical (unpaired) electrons. The number of nitrogens with one attached hydrogen (secondary N) is 1. The van der Waals surface area contributed by atoms with E-state index >= 15 is 0 Å². The van der Waals surface area contributed by atoms with Gasteiger partial charge in [-0.2, -0.15) is 0 Å². The van der Waals surface area contributed by atoms with Crippen molar-refractivity contribution in [3.05, 3.63) is 46.4 Å². The van der Waals surface area contributed by atoms with E-state index in [9.17, 15) is 0 Å². The summed E-state index contributed by atoms with van der Waals surface area (Å²) in [6.45, 7) is 0.706. The zero-order valence-corrected chi connectivity index (χ0v) is 13.9. The molecule has 2 aromatic carbocycles. The van der Waals surface area contributed by atoms with E-state index in [0.717, 1.165) is 27.2 Å². The van der Waals surface area contributed by atoms with Gasteiger partial charge in [0.05, 0.1) is 25.8 Å². The maximum atomic E-state index is 5.29. The summed E-state index contributed by atoms with van der Waals surface area (Å²) in [6, 6.07) is 11.8. The highest BCUT2D eigenvalue weighted by molar-refractivity contribution is 9.10. The second-order valence-corrected chi connectivity index (χ2v) is 5.25. The number of methoxy groups -OCH3 is 3. The van der Waals surface area contributed by atoms with Crippen LogP contribution in [0.25, 0.3) is 0 Å². The number of anilines is 1. The lowest BCUT2D eigenvalue weighted by Gasteiger charge is -2.12. The van der Waals surface area contributed by atoms with E-state index < -0.39 is 0 Å². The Morgan fingerprint density at radius 1 is 0.857 bits per heavy atom. The average molecular weight is 352 g/mol. The normalized spacial score (nSPS) is 10.1. The minimum Gasteiger partial charge on any atom is -0.496 e. The molecule has 2 aromatic rings. The number of hydrogen-bond donors (Lipinski definition) is 1. The van der Waals surface area contributed by atoms with Crippen molar-refractivity contribution in [2.75, 3.05) is 26.6 Å². The van der Waals surface area contributed by atoms with Crippen molar-refractivity contribution in [2.45, 2.75) is 6.54 Å². The van der Waals surface area contributed by atoms with Gasteiger partial charge in [0.25, 0.3) is 0 Å². The Balaban J connectivity index is 2.07. The summed E-state index contributed by atoms with van der Waals surface area (Å²) in [6.07, 6.45) is 0. The molecule has 0 spiro atoms. The Bertz CT molecular complexity index is 616. The molecule has 0 unspecified atom stereocenters. The molecule has 0 saturated carbocycles. The predicted octanol–water partition coefficient (Wildman–Crippen LogP) is 4.09. The SMILES string of the molecule is COc1ccc(CNc2ccc(OC)c(OC)c2)cc1Br. The molecule has 2 rings (SSSR count). The van der Waals surface area contributed by atoms with Crippen molar-refractivity contribution in [3.8, 4) is 17.2 Å². The smallest absolute Gasteiger partial charge is 0.162 e. The van der Waals surface area contributed by atoms with Crippen molar-refractivity contribution in [1.82, 2.24) is 0 Å². The van der Waals surface area contributed by atoms with E-state index in [1.165, 1.54) is 0 Å². The minimum absolute atomic E-state index is 0.706. The van der Waals surface area contributed by atoms with Crippen LogP contribution in [0, 0.1) is 0 Å². The standard InChI is InChI=1S/C16H18BrNO3/c1-19-14-6-4-11(8-13(14)17)10-18-12-5-7-15(20-2)16(9-12)21-3/h4-9,18H,10H2,1-3H3. The third kappa shape index (κ3) is 3.82. The lowest BCUT2D eigenvalue weighted by molar-refractivity contribution is 0.355. The van der Waals surface area contributed by atoms with E-state index in [1.807, 2.05) is 36.4 Å². The molecule has 0 fully saturated rings. The van der Waals surface area contributed by atoms with Crippen LogP contribution in [0.1, 0.15) is 5.56 Å². The molecular formula is C16H18BrNO3. The molecule has 21 heavy (non-hydrogen) atoms. The highest BCUT2D eigenvalue weighted by Gasteiger charge is 2.05. The third-order valence-electron chi connectivity index (χ3n) is 3.10. The molecule has 5 heteroatoms. The summed E-state index contributed by atoms with van der Waals surface area (Å²) in [5, 5.41) is 3.35. The monoisotopic (exact) mass is 351 g/mol. The van der Waals surface area contributed by atoms with Crippen LogP contribution in [0.5, 0.6) is 17.2 Å². The molecule has 0 amide bonds. The molecule has 112 valence electrons. The van der Waals surface area contributed by atoms with Gasteiger partial charge in [0.15, 0.2) is 11.5 Å². The summed E-state index contributed by atoms with van der Waals surface area (Å²) < 4.78 is 16.7. The van der Waals surface area contributed by atoms with E-state index in [1.54, 1.807) is 21.3 Å². The number of halogens is 1. The fourth-order valence-electron chi connectivity index (χ4n) is 1.97. The Labute approximate surface area is 133 Å². The molecule has 0 aromatic heterocycles. The molecule has 0 saturated heterocycles. The van der Waals surface area contributed by atoms with Crippen LogP contribution in [0.4, 0.5) is 5.69 Å². The summed E-state index contributed by atoms with van der Waals surface area (Å²) in [5.41, 5.74) is 2.12. The largest absolute Gasteiger partial charge is 0.496 e. The number of benzene rings is 2. The fraction of sp³-hybridized carbons (Fsp3) is 0.250. The number of rotatable bonds is 6. The maximum Gasteiger partial charge on any atom is 0.162 e. The first kappa shape index (κ1) is 15.5. The first-order valence-corrected chi connectivity index (χ1v) is 7.25. The quantitative estimate of drug-likeness (QED) is 0.850. The van der Waals surface area contributed by atoms with Crippen molar-refractivity contribution < 1.29 is 14.2 Å². The van der Waals surface area contributed by atoms with Crippen LogP contribution >= 0.6 is 15.9 Å². The van der Waals surface area contributed by atoms with Crippen molar-refractivity contribution in [1.29, 1.82) is 0 Å². The zero-order valence-electron chi connectivity index (χ0n) is 12.3. The topological polar surface area (TPSA) is 39.7 Å². The molecule has 0 aliphatic carbocycles. The minimum atomic E-state index is 0.706. The first-order chi connectivity index (χ1) is 10.2. The first-order valence-electron chi connectivity index (χ1n) is 6.46. The van der Waals surface area contributed by atoms with E-state index in [4.69, 9.17) is 14.2 Å². The molecule has 4 nitrogen and oxygen atoms in total. The Morgan fingerprint density at radius 3 is 2.14 bits per heavy atom. The van der Waals surface area contributed by atoms with Crippen molar-refractivity contribution in [2.24, 2.45) is 0 Å². The molecule has 0 aliphatic heterocycles. The van der Waals surface area contributed by atoms with Crippen LogP contribution in [-0.4, -0.2) is 21.3 Å². The van der Waals surface area contributed by atoms with E-state index in [0.29, 0.717) is 12.3 Å². The van der Waals surface area contributed by atoms with Crippen LogP contribution in [0.3, 0.4) is 0 Å². The van der Waals surface area contributed by atoms with Gasteiger partial charge in [-0.3, -0.25) is 0 Å². The summed E-state index contributed by atoms with van der Waals surface area (Å²) in [4.78, 5) is 0. The van der Waals surface area contributed by atoms with Crippen LogP contribution in [0.15, 0.2) is 40.9 Å².